The molecule has 0 unspecified atom stereocenters. The third-order valence-corrected chi connectivity index (χ3v) is 4.74. The number of piperidine rings is 1. The molecule has 2 N–H and O–H groups in total. The summed E-state index contributed by atoms with van der Waals surface area (Å²) < 4.78 is 1.90. The average molecular weight is 312 g/mol. The fourth-order valence-electron chi connectivity index (χ4n) is 3.11. The van der Waals surface area contributed by atoms with Crippen molar-refractivity contribution in [1.29, 1.82) is 0 Å². The Kier molecular flexibility index (Phi) is 4.76. The van der Waals surface area contributed by atoms with Crippen LogP contribution in [0.5, 0.6) is 0 Å². The van der Waals surface area contributed by atoms with E-state index in [2.05, 4.69) is 17.2 Å². The SMILES string of the molecule is Cc1c(C(=O)N2CCC(CN)CC2)cnn1Cc1ccccc1. The van der Waals surface area contributed by atoms with E-state index in [1.165, 1.54) is 5.56 Å². The molecule has 3 rings (SSSR count). The van der Waals surface area contributed by atoms with Gasteiger partial charge in [0.05, 0.1) is 18.3 Å². The summed E-state index contributed by atoms with van der Waals surface area (Å²) in [5.41, 5.74) is 8.55. The van der Waals surface area contributed by atoms with Crippen LogP contribution in [0.2, 0.25) is 0 Å². The Morgan fingerprint density at radius 1 is 1.26 bits per heavy atom. The summed E-state index contributed by atoms with van der Waals surface area (Å²) in [4.78, 5) is 14.7. The fraction of sp³-hybridized carbons (Fsp3) is 0.444. The van der Waals surface area contributed by atoms with Crippen LogP contribution >= 0.6 is 0 Å². The van der Waals surface area contributed by atoms with Crippen molar-refractivity contribution in [3.8, 4) is 0 Å². The largest absolute Gasteiger partial charge is 0.339 e. The summed E-state index contributed by atoms with van der Waals surface area (Å²) in [6, 6.07) is 10.2. The standard InChI is InChI=1S/C18H24N4O/c1-14-17(18(23)21-9-7-15(11-19)8-10-21)12-20-22(14)13-16-5-3-2-4-6-16/h2-6,12,15H,7-11,13,19H2,1H3. The third kappa shape index (κ3) is 3.45. The number of hydrogen-bond acceptors (Lipinski definition) is 3. The molecule has 23 heavy (non-hydrogen) atoms. The predicted octanol–water partition coefficient (Wildman–Crippen LogP) is 2.05. The Balaban J connectivity index is 1.70. The lowest BCUT2D eigenvalue weighted by molar-refractivity contribution is 0.0692. The minimum absolute atomic E-state index is 0.0947. The highest BCUT2D eigenvalue weighted by molar-refractivity contribution is 5.95. The number of carbonyl (C=O) groups excluding carboxylic acids is 1. The van der Waals surface area contributed by atoms with E-state index in [1.807, 2.05) is 34.7 Å². The number of hydrogen-bond donors (Lipinski definition) is 1. The average Bonchev–Trinajstić information content (AvgIpc) is 2.96. The first kappa shape index (κ1) is 15.7. The van der Waals surface area contributed by atoms with Crippen LogP contribution in [0.25, 0.3) is 0 Å². The zero-order valence-electron chi connectivity index (χ0n) is 13.6. The van der Waals surface area contributed by atoms with Crippen LogP contribution < -0.4 is 5.73 Å². The monoisotopic (exact) mass is 312 g/mol. The smallest absolute Gasteiger partial charge is 0.257 e. The number of amides is 1. The zero-order chi connectivity index (χ0) is 16.2. The van der Waals surface area contributed by atoms with E-state index in [0.29, 0.717) is 18.0 Å². The van der Waals surface area contributed by atoms with Gasteiger partial charge in [0, 0.05) is 18.8 Å². The summed E-state index contributed by atoms with van der Waals surface area (Å²) in [6.07, 6.45) is 3.70. The van der Waals surface area contributed by atoms with Crippen molar-refractivity contribution in [2.24, 2.45) is 11.7 Å². The van der Waals surface area contributed by atoms with E-state index in [4.69, 9.17) is 5.73 Å². The number of nitrogens with two attached hydrogens (primary N) is 1. The maximum atomic E-state index is 12.7. The Hall–Kier alpha value is -2.14. The molecule has 0 radical (unpaired) electrons. The van der Waals surface area contributed by atoms with Crippen LogP contribution in [0.3, 0.4) is 0 Å². The lowest BCUT2D eigenvalue weighted by Crippen LogP contribution is -2.40. The number of likely N-dealkylation sites (tertiary alicyclic amines) is 1. The lowest BCUT2D eigenvalue weighted by Gasteiger charge is -2.31. The van der Waals surface area contributed by atoms with Crippen molar-refractivity contribution >= 4 is 5.91 Å². The van der Waals surface area contributed by atoms with E-state index < -0.39 is 0 Å². The second kappa shape index (κ2) is 6.96. The van der Waals surface area contributed by atoms with Gasteiger partial charge in [-0.2, -0.15) is 5.10 Å². The van der Waals surface area contributed by atoms with Crippen LogP contribution in [0.4, 0.5) is 0 Å². The maximum Gasteiger partial charge on any atom is 0.257 e. The van der Waals surface area contributed by atoms with Crippen molar-refractivity contribution in [3.05, 3.63) is 53.3 Å². The molecular formula is C18H24N4O. The topological polar surface area (TPSA) is 64.2 Å². The van der Waals surface area contributed by atoms with Crippen LogP contribution in [-0.4, -0.2) is 40.2 Å². The van der Waals surface area contributed by atoms with Gasteiger partial charge in [-0.15, -0.1) is 0 Å². The summed E-state index contributed by atoms with van der Waals surface area (Å²) in [5, 5.41) is 4.41. The van der Waals surface area contributed by atoms with Gasteiger partial charge in [-0.05, 0) is 37.8 Å². The van der Waals surface area contributed by atoms with Gasteiger partial charge in [0.25, 0.3) is 5.91 Å². The Bertz CT molecular complexity index is 657. The molecule has 5 heteroatoms. The molecule has 2 aromatic rings. The molecule has 2 heterocycles. The highest BCUT2D eigenvalue weighted by Gasteiger charge is 2.25. The Morgan fingerprint density at radius 2 is 1.96 bits per heavy atom. The highest BCUT2D eigenvalue weighted by Crippen LogP contribution is 2.19. The molecule has 0 atom stereocenters. The molecule has 5 nitrogen and oxygen atoms in total. The molecular weight excluding hydrogens is 288 g/mol. The summed E-state index contributed by atoms with van der Waals surface area (Å²) in [5.74, 6) is 0.651. The first-order chi connectivity index (χ1) is 11.2. The van der Waals surface area contributed by atoms with Gasteiger partial charge in [0.15, 0.2) is 0 Å². The van der Waals surface area contributed by atoms with Gasteiger partial charge in [0.1, 0.15) is 0 Å². The van der Waals surface area contributed by atoms with E-state index in [1.54, 1.807) is 6.20 Å². The predicted molar refractivity (Wildman–Crippen MR) is 90.2 cm³/mol. The fourth-order valence-corrected chi connectivity index (χ4v) is 3.11. The number of nitrogens with zero attached hydrogens (tertiary/aromatic N) is 3. The van der Waals surface area contributed by atoms with Crippen LogP contribution in [0.1, 0.15) is 34.5 Å². The van der Waals surface area contributed by atoms with Crippen LogP contribution in [0, 0.1) is 12.8 Å². The highest BCUT2D eigenvalue weighted by atomic mass is 16.2. The van der Waals surface area contributed by atoms with E-state index in [9.17, 15) is 4.79 Å². The summed E-state index contributed by atoms with van der Waals surface area (Å²) in [6.45, 7) is 4.97. The third-order valence-electron chi connectivity index (χ3n) is 4.74. The van der Waals surface area contributed by atoms with Crippen molar-refractivity contribution < 1.29 is 4.79 Å². The number of benzene rings is 1. The summed E-state index contributed by atoms with van der Waals surface area (Å²) >= 11 is 0. The quantitative estimate of drug-likeness (QED) is 0.940. The molecule has 1 aliphatic rings. The van der Waals surface area contributed by atoms with E-state index in [-0.39, 0.29) is 5.91 Å². The van der Waals surface area contributed by atoms with Gasteiger partial charge in [0.2, 0.25) is 0 Å². The molecule has 0 aliphatic carbocycles. The normalized spacial score (nSPS) is 15.8. The Labute approximate surface area is 137 Å². The molecule has 1 aromatic heterocycles. The zero-order valence-corrected chi connectivity index (χ0v) is 13.6. The molecule has 1 aliphatic heterocycles. The van der Waals surface area contributed by atoms with Gasteiger partial charge in [-0.3, -0.25) is 9.48 Å². The first-order valence-electron chi connectivity index (χ1n) is 8.24. The number of carbonyl (C=O) groups is 1. The molecule has 1 saturated heterocycles. The number of aromatic nitrogens is 2. The van der Waals surface area contributed by atoms with Crippen molar-refractivity contribution in [3.63, 3.8) is 0 Å². The maximum absolute atomic E-state index is 12.7. The molecule has 1 fully saturated rings. The van der Waals surface area contributed by atoms with Crippen LogP contribution in [0.15, 0.2) is 36.5 Å². The van der Waals surface area contributed by atoms with Gasteiger partial charge in [-0.1, -0.05) is 30.3 Å². The molecule has 0 bridgehead atoms. The summed E-state index contributed by atoms with van der Waals surface area (Å²) in [7, 11) is 0. The van der Waals surface area contributed by atoms with E-state index >= 15 is 0 Å². The molecule has 1 amide bonds. The van der Waals surface area contributed by atoms with Gasteiger partial charge >= 0.3 is 0 Å². The van der Waals surface area contributed by atoms with Gasteiger partial charge < -0.3 is 10.6 Å². The Morgan fingerprint density at radius 3 is 2.61 bits per heavy atom. The lowest BCUT2D eigenvalue weighted by atomic mass is 9.96. The van der Waals surface area contributed by atoms with E-state index in [0.717, 1.165) is 38.2 Å². The second-order valence-corrected chi connectivity index (χ2v) is 6.26. The molecule has 122 valence electrons. The van der Waals surface area contributed by atoms with Crippen LogP contribution in [-0.2, 0) is 6.54 Å². The second-order valence-electron chi connectivity index (χ2n) is 6.26. The molecule has 0 saturated carbocycles. The number of rotatable bonds is 4. The van der Waals surface area contributed by atoms with Gasteiger partial charge in [-0.25, -0.2) is 0 Å². The van der Waals surface area contributed by atoms with Crippen molar-refractivity contribution in [2.45, 2.75) is 26.3 Å². The minimum atomic E-state index is 0.0947. The first-order valence-corrected chi connectivity index (χ1v) is 8.24. The molecule has 1 aromatic carbocycles. The molecule has 0 spiro atoms. The van der Waals surface area contributed by atoms with Crippen molar-refractivity contribution in [1.82, 2.24) is 14.7 Å². The van der Waals surface area contributed by atoms with Crippen molar-refractivity contribution in [2.75, 3.05) is 19.6 Å². The minimum Gasteiger partial charge on any atom is -0.339 e.